The van der Waals surface area contributed by atoms with Crippen LogP contribution in [0.2, 0.25) is 0 Å². The fourth-order valence-electron chi connectivity index (χ4n) is 1.47. The van der Waals surface area contributed by atoms with Gasteiger partial charge in [-0.2, -0.15) is 0 Å². The van der Waals surface area contributed by atoms with E-state index in [0.29, 0.717) is 5.69 Å². The van der Waals surface area contributed by atoms with Gasteiger partial charge in [-0.05, 0) is 31.5 Å². The van der Waals surface area contributed by atoms with Gasteiger partial charge in [0.2, 0.25) is 0 Å². The zero-order valence-electron chi connectivity index (χ0n) is 9.73. The van der Waals surface area contributed by atoms with Gasteiger partial charge in [0.25, 0.3) is 0 Å². The highest BCUT2D eigenvalue weighted by Crippen LogP contribution is 2.23. The molecular weight excluding hydrogens is 226 g/mol. The molecule has 0 spiro atoms. The van der Waals surface area contributed by atoms with Gasteiger partial charge in [-0.15, -0.1) is 0 Å². The van der Waals surface area contributed by atoms with Crippen molar-refractivity contribution < 1.29 is 13.2 Å². The van der Waals surface area contributed by atoms with E-state index in [9.17, 15) is 8.42 Å². The van der Waals surface area contributed by atoms with Crippen LogP contribution in [0.25, 0.3) is 0 Å². The normalized spacial score (nSPS) is 13.7. The smallest absolute Gasteiger partial charge is 0.185 e. The summed E-state index contributed by atoms with van der Waals surface area (Å²) in [5.41, 5.74) is 6.96. The van der Waals surface area contributed by atoms with Crippen molar-refractivity contribution in [3.8, 4) is 0 Å². The van der Waals surface area contributed by atoms with E-state index in [2.05, 4.69) is 0 Å². The lowest BCUT2D eigenvalue weighted by Crippen LogP contribution is -2.23. The first-order valence-electron chi connectivity index (χ1n) is 4.98. The van der Waals surface area contributed by atoms with Crippen LogP contribution in [-0.2, 0) is 14.6 Å². The lowest BCUT2D eigenvalue weighted by atomic mass is 10.2. The first kappa shape index (κ1) is 13.0. The van der Waals surface area contributed by atoms with Crippen LogP contribution in [0.1, 0.15) is 12.5 Å². The molecule has 0 saturated carbocycles. The number of benzene rings is 1. The van der Waals surface area contributed by atoms with E-state index in [1.54, 1.807) is 25.1 Å². The molecule has 2 N–H and O–H groups in total. The Labute approximate surface area is 96.3 Å². The number of ether oxygens (including phenoxy) is 1. The van der Waals surface area contributed by atoms with Crippen molar-refractivity contribution in [2.24, 2.45) is 0 Å². The zero-order chi connectivity index (χ0) is 12.3. The van der Waals surface area contributed by atoms with Crippen molar-refractivity contribution in [2.45, 2.75) is 24.0 Å². The van der Waals surface area contributed by atoms with E-state index in [0.717, 1.165) is 5.56 Å². The quantitative estimate of drug-likeness (QED) is 0.811. The minimum Gasteiger partial charge on any atom is -0.398 e. The number of nitrogens with two attached hydrogens (primary N) is 1. The van der Waals surface area contributed by atoms with Crippen molar-refractivity contribution in [1.82, 2.24) is 0 Å². The third-order valence-corrected chi connectivity index (χ3v) is 4.58. The average Bonchev–Trinajstić information content (AvgIpc) is 2.17. The van der Waals surface area contributed by atoms with E-state index < -0.39 is 15.1 Å². The highest BCUT2D eigenvalue weighted by molar-refractivity contribution is 7.92. The number of hydrogen-bond acceptors (Lipinski definition) is 4. The van der Waals surface area contributed by atoms with Crippen LogP contribution in [-0.4, -0.2) is 27.4 Å². The molecule has 1 aromatic rings. The Hall–Kier alpha value is -1.07. The minimum absolute atomic E-state index is 0.162. The third-order valence-electron chi connectivity index (χ3n) is 2.40. The largest absolute Gasteiger partial charge is 0.398 e. The zero-order valence-corrected chi connectivity index (χ0v) is 10.5. The molecule has 1 aromatic carbocycles. The molecule has 5 heteroatoms. The van der Waals surface area contributed by atoms with Crippen LogP contribution in [0.15, 0.2) is 23.1 Å². The summed E-state index contributed by atoms with van der Waals surface area (Å²) in [6.07, 6.45) is 0. The third kappa shape index (κ3) is 2.54. The summed E-state index contributed by atoms with van der Waals surface area (Å²) in [5, 5.41) is -0.595. The number of anilines is 1. The van der Waals surface area contributed by atoms with Crippen molar-refractivity contribution in [2.75, 3.05) is 19.5 Å². The molecular formula is C11H17NO3S. The summed E-state index contributed by atoms with van der Waals surface area (Å²) in [7, 11) is -1.92. The average molecular weight is 243 g/mol. The molecule has 4 nitrogen and oxygen atoms in total. The predicted octanol–water partition coefficient (Wildman–Crippen LogP) is 1.39. The van der Waals surface area contributed by atoms with Crippen molar-refractivity contribution in [3.05, 3.63) is 23.8 Å². The summed E-state index contributed by atoms with van der Waals surface area (Å²) in [5.74, 6) is 0. The standard InChI is InChI=1S/C11H17NO3S/c1-8-4-5-11(10(12)6-8)16(13,14)9(2)7-15-3/h4-6,9H,7,12H2,1-3H3. The molecule has 0 aromatic heterocycles. The molecule has 16 heavy (non-hydrogen) atoms. The second-order valence-corrected chi connectivity index (χ2v) is 6.19. The number of aryl methyl sites for hydroxylation is 1. The first-order chi connectivity index (χ1) is 7.39. The van der Waals surface area contributed by atoms with Gasteiger partial charge in [0, 0.05) is 7.11 Å². The SMILES string of the molecule is COCC(C)S(=O)(=O)c1ccc(C)cc1N. The maximum atomic E-state index is 12.1. The lowest BCUT2D eigenvalue weighted by Gasteiger charge is -2.13. The van der Waals surface area contributed by atoms with Crippen LogP contribution in [0.3, 0.4) is 0 Å². The Kier molecular flexibility index (Phi) is 3.93. The van der Waals surface area contributed by atoms with Gasteiger partial charge in [0.15, 0.2) is 9.84 Å². The van der Waals surface area contributed by atoms with E-state index in [1.165, 1.54) is 7.11 Å². The maximum Gasteiger partial charge on any atom is 0.185 e. The highest BCUT2D eigenvalue weighted by atomic mass is 32.2. The number of rotatable bonds is 4. The Morgan fingerprint density at radius 1 is 1.44 bits per heavy atom. The number of methoxy groups -OCH3 is 1. The molecule has 0 fully saturated rings. The summed E-state index contributed by atoms with van der Waals surface area (Å²) < 4.78 is 29.0. The van der Waals surface area contributed by atoms with Gasteiger partial charge in [-0.3, -0.25) is 0 Å². The van der Waals surface area contributed by atoms with Crippen LogP contribution < -0.4 is 5.73 Å². The van der Waals surface area contributed by atoms with E-state index in [-0.39, 0.29) is 11.5 Å². The van der Waals surface area contributed by atoms with Gasteiger partial charge >= 0.3 is 0 Å². The molecule has 0 saturated heterocycles. The molecule has 0 amide bonds. The van der Waals surface area contributed by atoms with Crippen molar-refractivity contribution in [1.29, 1.82) is 0 Å². The lowest BCUT2D eigenvalue weighted by molar-refractivity contribution is 0.200. The van der Waals surface area contributed by atoms with E-state index in [4.69, 9.17) is 10.5 Å². The van der Waals surface area contributed by atoms with Gasteiger partial charge in [-0.25, -0.2) is 8.42 Å². The van der Waals surface area contributed by atoms with Gasteiger partial charge in [0.1, 0.15) is 0 Å². The molecule has 1 atom stereocenters. The minimum atomic E-state index is -3.40. The Balaban J connectivity index is 3.17. The number of nitrogen functional groups attached to an aromatic ring is 1. The molecule has 1 unspecified atom stereocenters. The van der Waals surface area contributed by atoms with E-state index in [1.807, 2.05) is 6.92 Å². The summed E-state index contributed by atoms with van der Waals surface area (Å²) in [6.45, 7) is 3.64. The highest BCUT2D eigenvalue weighted by Gasteiger charge is 2.25. The molecule has 1 rings (SSSR count). The summed E-state index contributed by atoms with van der Waals surface area (Å²) in [6, 6.07) is 4.95. The first-order valence-corrected chi connectivity index (χ1v) is 6.53. The second-order valence-electron chi connectivity index (χ2n) is 3.85. The molecule has 90 valence electrons. The fourth-order valence-corrected chi connectivity index (χ4v) is 2.86. The Morgan fingerprint density at radius 2 is 2.06 bits per heavy atom. The molecule has 0 aliphatic rings. The summed E-state index contributed by atoms with van der Waals surface area (Å²) >= 11 is 0. The fraction of sp³-hybridized carbons (Fsp3) is 0.455. The van der Waals surface area contributed by atoms with Gasteiger partial charge < -0.3 is 10.5 Å². The van der Waals surface area contributed by atoms with Gasteiger partial charge in [-0.1, -0.05) is 6.07 Å². The van der Waals surface area contributed by atoms with Gasteiger partial charge in [0.05, 0.1) is 22.4 Å². The van der Waals surface area contributed by atoms with E-state index >= 15 is 0 Å². The Bertz CT molecular complexity index is 468. The Morgan fingerprint density at radius 3 is 2.56 bits per heavy atom. The van der Waals surface area contributed by atoms with Crippen LogP contribution in [0.5, 0.6) is 0 Å². The molecule has 0 radical (unpaired) electrons. The van der Waals surface area contributed by atoms with Crippen molar-refractivity contribution >= 4 is 15.5 Å². The predicted molar refractivity (Wildman–Crippen MR) is 64.1 cm³/mol. The molecule has 0 heterocycles. The number of sulfone groups is 1. The van der Waals surface area contributed by atoms with Crippen LogP contribution in [0, 0.1) is 6.92 Å². The monoisotopic (exact) mass is 243 g/mol. The molecule has 0 aliphatic heterocycles. The number of hydrogen-bond donors (Lipinski definition) is 1. The molecule has 0 aliphatic carbocycles. The van der Waals surface area contributed by atoms with Crippen LogP contribution in [0.4, 0.5) is 5.69 Å². The van der Waals surface area contributed by atoms with Crippen molar-refractivity contribution in [3.63, 3.8) is 0 Å². The maximum absolute atomic E-state index is 12.1. The second kappa shape index (κ2) is 4.84. The van der Waals surface area contributed by atoms with Crippen LogP contribution >= 0.6 is 0 Å². The molecule has 0 bridgehead atoms. The topological polar surface area (TPSA) is 69.4 Å². The summed E-state index contributed by atoms with van der Waals surface area (Å²) in [4.78, 5) is 0.183.